The standard InChI is InChI=1S/C33H32O8/c1-4-31(34)40-21-19-38-29-15-9-26(10-16-29)6-5-25-7-11-27(12-8-25)28-13-17-30(18-14-28)39-20-22-41-33(36)24(2)23-32(35)37-3/h4-18H,1-2,19-23H2,3H3/b6-5+. The molecule has 0 bridgehead atoms. The van der Waals surface area contributed by atoms with E-state index < -0.39 is 17.9 Å². The van der Waals surface area contributed by atoms with E-state index in [-0.39, 0.29) is 38.4 Å². The summed E-state index contributed by atoms with van der Waals surface area (Å²) in [4.78, 5) is 34.0. The van der Waals surface area contributed by atoms with Gasteiger partial charge in [0.05, 0.1) is 13.5 Å². The Hall–Kier alpha value is -5.11. The lowest BCUT2D eigenvalue weighted by Crippen LogP contribution is -2.15. The van der Waals surface area contributed by atoms with E-state index in [0.29, 0.717) is 11.5 Å². The van der Waals surface area contributed by atoms with Gasteiger partial charge in [-0.2, -0.15) is 0 Å². The van der Waals surface area contributed by atoms with Crippen LogP contribution in [0.4, 0.5) is 0 Å². The summed E-state index contributed by atoms with van der Waals surface area (Å²) in [5, 5.41) is 0. The van der Waals surface area contributed by atoms with Gasteiger partial charge in [-0.1, -0.05) is 73.8 Å². The first-order valence-corrected chi connectivity index (χ1v) is 12.8. The number of benzene rings is 3. The fourth-order valence-electron chi connectivity index (χ4n) is 3.47. The maximum Gasteiger partial charge on any atom is 0.334 e. The van der Waals surface area contributed by atoms with Crippen LogP contribution in [0.5, 0.6) is 11.5 Å². The molecule has 41 heavy (non-hydrogen) atoms. The van der Waals surface area contributed by atoms with Crippen LogP contribution in [0.15, 0.2) is 97.6 Å². The van der Waals surface area contributed by atoms with Crippen molar-refractivity contribution >= 4 is 30.1 Å². The van der Waals surface area contributed by atoms with Crippen molar-refractivity contribution in [1.29, 1.82) is 0 Å². The van der Waals surface area contributed by atoms with Crippen molar-refractivity contribution in [2.45, 2.75) is 6.42 Å². The van der Waals surface area contributed by atoms with Crippen molar-refractivity contribution in [3.8, 4) is 22.6 Å². The summed E-state index contributed by atoms with van der Waals surface area (Å²) in [6.07, 6.45) is 4.96. The van der Waals surface area contributed by atoms with E-state index in [0.717, 1.165) is 28.3 Å². The molecule has 0 saturated heterocycles. The third-order valence-electron chi connectivity index (χ3n) is 5.67. The zero-order chi connectivity index (χ0) is 29.5. The zero-order valence-electron chi connectivity index (χ0n) is 22.9. The Kier molecular flexibility index (Phi) is 11.9. The van der Waals surface area contributed by atoms with Crippen LogP contribution in [-0.4, -0.2) is 51.4 Å². The molecule has 0 N–H and O–H groups in total. The molecule has 8 heteroatoms. The molecular weight excluding hydrogens is 524 g/mol. The van der Waals surface area contributed by atoms with E-state index >= 15 is 0 Å². The van der Waals surface area contributed by atoms with Crippen molar-refractivity contribution in [2.75, 3.05) is 33.5 Å². The van der Waals surface area contributed by atoms with Crippen LogP contribution in [0.2, 0.25) is 0 Å². The highest BCUT2D eigenvalue weighted by molar-refractivity contribution is 5.93. The summed E-state index contributed by atoms with van der Waals surface area (Å²) in [6.45, 7) is 7.51. The summed E-state index contributed by atoms with van der Waals surface area (Å²) in [6, 6.07) is 23.4. The average molecular weight is 557 g/mol. The summed E-state index contributed by atoms with van der Waals surface area (Å²) >= 11 is 0. The lowest BCUT2D eigenvalue weighted by Gasteiger charge is -2.09. The van der Waals surface area contributed by atoms with Crippen LogP contribution in [0, 0.1) is 0 Å². The minimum atomic E-state index is -0.655. The van der Waals surface area contributed by atoms with Crippen molar-refractivity contribution in [3.05, 3.63) is 109 Å². The monoisotopic (exact) mass is 556 g/mol. The molecule has 0 radical (unpaired) electrons. The number of carbonyl (C=O) groups excluding carboxylic acids is 3. The van der Waals surface area contributed by atoms with Crippen LogP contribution in [0.25, 0.3) is 23.3 Å². The van der Waals surface area contributed by atoms with Gasteiger partial charge in [0.15, 0.2) is 0 Å². The van der Waals surface area contributed by atoms with Gasteiger partial charge in [-0.3, -0.25) is 4.79 Å². The third-order valence-corrected chi connectivity index (χ3v) is 5.67. The molecule has 0 aromatic heterocycles. The Labute approximate surface area is 239 Å². The van der Waals surface area contributed by atoms with Gasteiger partial charge < -0.3 is 23.7 Å². The topological polar surface area (TPSA) is 97.4 Å². The Morgan fingerprint density at radius 1 is 0.683 bits per heavy atom. The average Bonchev–Trinajstić information content (AvgIpc) is 3.01. The predicted molar refractivity (Wildman–Crippen MR) is 156 cm³/mol. The minimum absolute atomic E-state index is 0.0305. The van der Waals surface area contributed by atoms with Crippen LogP contribution in [-0.2, 0) is 28.6 Å². The molecule has 0 aliphatic heterocycles. The van der Waals surface area contributed by atoms with Crippen molar-refractivity contribution in [1.82, 2.24) is 0 Å². The second kappa shape index (κ2) is 16.1. The Bertz CT molecular complexity index is 1350. The zero-order valence-corrected chi connectivity index (χ0v) is 22.9. The fourth-order valence-corrected chi connectivity index (χ4v) is 3.47. The highest BCUT2D eigenvalue weighted by Crippen LogP contribution is 2.23. The van der Waals surface area contributed by atoms with Gasteiger partial charge >= 0.3 is 17.9 Å². The second-order valence-electron chi connectivity index (χ2n) is 8.61. The van der Waals surface area contributed by atoms with E-state index in [2.05, 4.69) is 17.9 Å². The molecule has 212 valence electrons. The van der Waals surface area contributed by atoms with Crippen molar-refractivity contribution < 1.29 is 38.1 Å². The number of hydrogen-bond donors (Lipinski definition) is 0. The lowest BCUT2D eigenvalue weighted by atomic mass is 10.0. The molecule has 0 aliphatic rings. The molecular formula is C33H32O8. The first-order chi connectivity index (χ1) is 19.9. The third kappa shape index (κ3) is 10.5. The molecule has 0 heterocycles. The van der Waals surface area contributed by atoms with Gasteiger partial charge in [-0.15, -0.1) is 0 Å². The molecule has 3 aromatic rings. The number of esters is 3. The second-order valence-corrected chi connectivity index (χ2v) is 8.61. The normalized spacial score (nSPS) is 10.5. The molecule has 0 atom stereocenters. The minimum Gasteiger partial charge on any atom is -0.490 e. The van der Waals surface area contributed by atoms with Gasteiger partial charge in [0, 0.05) is 11.6 Å². The Morgan fingerprint density at radius 3 is 1.66 bits per heavy atom. The van der Waals surface area contributed by atoms with Crippen LogP contribution >= 0.6 is 0 Å². The van der Waals surface area contributed by atoms with E-state index in [1.807, 2.05) is 84.9 Å². The smallest absolute Gasteiger partial charge is 0.334 e. The van der Waals surface area contributed by atoms with Gasteiger partial charge in [0.1, 0.15) is 37.9 Å². The van der Waals surface area contributed by atoms with Gasteiger partial charge in [-0.05, 0) is 46.5 Å². The number of carbonyl (C=O) groups is 3. The molecule has 8 nitrogen and oxygen atoms in total. The quantitative estimate of drug-likeness (QED) is 0.0776. The number of hydrogen-bond acceptors (Lipinski definition) is 8. The number of methoxy groups -OCH3 is 1. The molecule has 0 aliphatic carbocycles. The van der Waals surface area contributed by atoms with E-state index in [9.17, 15) is 14.4 Å². The molecule has 0 saturated carbocycles. The highest BCUT2D eigenvalue weighted by atomic mass is 16.6. The molecule has 0 unspecified atom stereocenters. The summed E-state index contributed by atoms with van der Waals surface area (Å²) in [5.41, 5.74) is 4.21. The Balaban J connectivity index is 1.42. The highest BCUT2D eigenvalue weighted by Gasteiger charge is 2.13. The largest absolute Gasteiger partial charge is 0.490 e. The summed E-state index contributed by atoms with van der Waals surface area (Å²) in [7, 11) is 1.24. The van der Waals surface area contributed by atoms with Crippen molar-refractivity contribution in [3.63, 3.8) is 0 Å². The fraction of sp³-hybridized carbons (Fsp3) is 0.182. The Morgan fingerprint density at radius 2 is 1.15 bits per heavy atom. The molecule has 0 fully saturated rings. The number of rotatable bonds is 15. The van der Waals surface area contributed by atoms with Crippen molar-refractivity contribution in [2.24, 2.45) is 0 Å². The first kappa shape index (κ1) is 30.4. The molecule has 3 aromatic carbocycles. The molecule has 0 amide bonds. The maximum absolute atomic E-state index is 11.8. The first-order valence-electron chi connectivity index (χ1n) is 12.8. The lowest BCUT2D eigenvalue weighted by molar-refractivity contribution is -0.144. The van der Waals surface area contributed by atoms with Crippen LogP contribution in [0.3, 0.4) is 0 Å². The summed E-state index contributed by atoms with van der Waals surface area (Å²) < 4.78 is 25.6. The van der Waals surface area contributed by atoms with Crippen LogP contribution in [0.1, 0.15) is 17.5 Å². The molecule has 0 spiro atoms. The maximum atomic E-state index is 11.8. The van der Waals surface area contributed by atoms with Gasteiger partial charge in [0.25, 0.3) is 0 Å². The SMILES string of the molecule is C=CC(=O)OCCOc1ccc(/C=C/c2ccc(-c3ccc(OCCOC(=O)C(=C)CC(=O)OC)cc3)cc2)cc1. The van der Waals surface area contributed by atoms with E-state index in [1.165, 1.54) is 7.11 Å². The van der Waals surface area contributed by atoms with Gasteiger partial charge in [0.2, 0.25) is 0 Å². The predicted octanol–water partition coefficient (Wildman–Crippen LogP) is 5.67. The summed E-state index contributed by atoms with van der Waals surface area (Å²) in [5.74, 6) is -0.336. The van der Waals surface area contributed by atoms with E-state index in [1.54, 1.807) is 0 Å². The van der Waals surface area contributed by atoms with Crippen LogP contribution < -0.4 is 9.47 Å². The number of ether oxygens (including phenoxy) is 5. The van der Waals surface area contributed by atoms with Gasteiger partial charge in [-0.25, -0.2) is 9.59 Å². The molecule has 3 rings (SSSR count). The van der Waals surface area contributed by atoms with E-state index in [4.69, 9.17) is 18.9 Å².